The normalized spacial score (nSPS) is 15.3. The largest absolute Gasteiger partial charge is 0.455 e. The van der Waals surface area contributed by atoms with Crippen molar-refractivity contribution in [3.8, 4) is 22.4 Å². The van der Waals surface area contributed by atoms with Crippen molar-refractivity contribution in [2.45, 2.75) is 62.7 Å². The Morgan fingerprint density at radius 3 is 1.71 bits per heavy atom. The Hall–Kier alpha value is -4.75. The average Bonchev–Trinajstić information content (AvgIpc) is 3.44. The molecule has 6 aromatic rings. The maximum absolute atomic E-state index is 14.8. The van der Waals surface area contributed by atoms with Crippen LogP contribution in [0, 0.1) is 0 Å². The van der Waals surface area contributed by atoms with Crippen LogP contribution >= 0.6 is 0 Å². The second-order valence-corrected chi connectivity index (χ2v) is 12.6. The fraction of sp³-hybridized carbons (Fsp3) is 0.270. The van der Waals surface area contributed by atoms with Crippen LogP contribution in [0.2, 0.25) is 0 Å². The van der Waals surface area contributed by atoms with Gasteiger partial charge in [-0.05, 0) is 62.9 Å². The quantitative estimate of drug-likeness (QED) is 0.169. The molecule has 0 amide bonds. The number of pyridine rings is 1. The van der Waals surface area contributed by atoms with E-state index < -0.39 is 87.5 Å². The van der Waals surface area contributed by atoms with Crippen molar-refractivity contribution in [1.82, 2.24) is 4.98 Å². The molecule has 0 saturated carbocycles. The molecule has 0 fully saturated rings. The van der Waals surface area contributed by atoms with Crippen LogP contribution < -0.4 is 0 Å². The van der Waals surface area contributed by atoms with Crippen LogP contribution in [-0.4, -0.2) is 29.7 Å². The van der Waals surface area contributed by atoms with Gasteiger partial charge in [0.2, 0.25) is 0 Å². The number of hydrogen-bond acceptors (Lipinski definition) is 2. The number of rotatable bonds is 4. The van der Waals surface area contributed by atoms with Gasteiger partial charge in [-0.2, -0.15) is 52.7 Å². The summed E-state index contributed by atoms with van der Waals surface area (Å²) in [6.07, 6.45) is -26.6. The molecular weight excluding hydrogens is 702 g/mol. The SMILES string of the molecule is [2H]c1c(C(C)(C)C)c([2H])c(C([2H])(C(F)(F)F)C(F)(F)F)c(-c2ccnc(-c3cccc4c3oc3c5ccccc5ccc43)c2)c1C([2H])(C(F)(F)F)C(F)(F)F. The molecule has 0 atom stereocenters. The summed E-state index contributed by atoms with van der Waals surface area (Å²) in [5.41, 5.74) is -12.5. The molecule has 0 N–H and O–H groups in total. The minimum Gasteiger partial charge on any atom is -0.455 e. The third-order valence-corrected chi connectivity index (χ3v) is 8.10. The molecule has 6 rings (SSSR count). The van der Waals surface area contributed by atoms with Crippen LogP contribution in [0.5, 0.6) is 0 Å². The number of alkyl halides is 12. The lowest BCUT2D eigenvalue weighted by atomic mass is 9.76. The number of hydrogen-bond donors (Lipinski definition) is 0. The third-order valence-electron chi connectivity index (χ3n) is 8.10. The number of nitrogens with zero attached hydrogens (tertiary/aromatic N) is 1. The van der Waals surface area contributed by atoms with Crippen LogP contribution in [0.4, 0.5) is 52.7 Å². The minimum absolute atomic E-state index is 0.0187. The highest BCUT2D eigenvalue weighted by molar-refractivity contribution is 6.17. The maximum Gasteiger partial charge on any atom is 0.404 e. The topological polar surface area (TPSA) is 26.0 Å². The summed E-state index contributed by atoms with van der Waals surface area (Å²) in [7, 11) is 0. The predicted octanol–water partition coefficient (Wildman–Crippen LogP) is 13.2. The number of benzene rings is 4. The number of aromatic nitrogens is 1. The van der Waals surface area contributed by atoms with E-state index in [9.17, 15) is 52.7 Å². The molecule has 4 aromatic carbocycles. The summed E-state index contributed by atoms with van der Waals surface area (Å²) in [6.45, 7) is 2.77. The summed E-state index contributed by atoms with van der Waals surface area (Å²) < 4.78 is 216. The highest BCUT2D eigenvalue weighted by atomic mass is 19.4. The van der Waals surface area contributed by atoms with Crippen molar-refractivity contribution in [3.05, 3.63) is 102 Å². The van der Waals surface area contributed by atoms with E-state index in [2.05, 4.69) is 4.98 Å². The van der Waals surface area contributed by atoms with Gasteiger partial charge < -0.3 is 4.42 Å². The van der Waals surface area contributed by atoms with Crippen molar-refractivity contribution in [2.75, 3.05) is 0 Å². The molecule has 0 spiro atoms. The monoisotopic (exact) mass is 731 g/mol. The molecule has 2 nitrogen and oxygen atoms in total. The van der Waals surface area contributed by atoms with Gasteiger partial charge in [-0.3, -0.25) is 4.98 Å². The smallest absolute Gasteiger partial charge is 0.404 e. The van der Waals surface area contributed by atoms with Crippen LogP contribution in [0.15, 0.2) is 89.4 Å². The molecule has 0 bridgehead atoms. The Kier molecular flexibility index (Phi) is 7.25. The van der Waals surface area contributed by atoms with Gasteiger partial charge in [0, 0.05) is 27.9 Å². The Morgan fingerprint density at radius 2 is 1.16 bits per heavy atom. The van der Waals surface area contributed by atoms with Crippen molar-refractivity contribution in [1.29, 1.82) is 0 Å². The molecule has 0 aliphatic heterocycles. The van der Waals surface area contributed by atoms with Gasteiger partial charge in [0.05, 0.1) is 11.2 Å². The zero-order chi connectivity index (χ0) is 41.1. The molecule has 268 valence electrons. The fourth-order valence-corrected chi connectivity index (χ4v) is 5.92. The van der Waals surface area contributed by atoms with Gasteiger partial charge in [0.1, 0.15) is 11.2 Å². The Morgan fingerprint density at radius 1 is 0.627 bits per heavy atom. The standard InChI is InChI=1S/C37H25F12NO/c1-33(2,3)20-16-25(31(34(38,39)40)35(41,42)43)28(26(17-20)32(36(44,45)46)37(47,48)49)19-13-14-50-27(15-19)24-10-6-9-22-23-12-11-18-7-4-5-8-21(18)29(23)51-30(22)24/h4-17,31-32H,1-3H3/i16D,17D,31D,32D. The highest BCUT2D eigenvalue weighted by Crippen LogP contribution is 2.55. The van der Waals surface area contributed by atoms with E-state index in [1.807, 2.05) is 0 Å². The molecule has 2 heterocycles. The van der Waals surface area contributed by atoms with Gasteiger partial charge in [0.15, 0.2) is 11.8 Å². The second-order valence-electron chi connectivity index (χ2n) is 12.6. The van der Waals surface area contributed by atoms with E-state index in [0.29, 0.717) is 40.1 Å². The third kappa shape index (κ3) is 6.60. The Bertz CT molecular complexity index is 2400. The molecule has 0 unspecified atom stereocenters. The van der Waals surface area contributed by atoms with Crippen molar-refractivity contribution in [2.24, 2.45) is 0 Å². The lowest BCUT2D eigenvalue weighted by Gasteiger charge is -2.33. The predicted molar refractivity (Wildman–Crippen MR) is 168 cm³/mol. The Labute approximate surface area is 287 Å². The number of fused-ring (bicyclic) bond motifs is 5. The van der Waals surface area contributed by atoms with E-state index in [0.717, 1.165) is 26.2 Å². The summed E-state index contributed by atoms with van der Waals surface area (Å²) in [6, 6.07) is 11.9. The summed E-state index contributed by atoms with van der Waals surface area (Å²) in [4.78, 5) is 4.06. The number of furan rings is 1. The second kappa shape index (κ2) is 11.9. The number of halogens is 12. The molecule has 14 heteroatoms. The molecule has 0 aliphatic carbocycles. The van der Waals surface area contributed by atoms with Gasteiger partial charge in [-0.1, -0.05) is 75.3 Å². The number of para-hydroxylation sites is 1. The summed E-state index contributed by atoms with van der Waals surface area (Å²) >= 11 is 0. The van der Waals surface area contributed by atoms with Crippen LogP contribution in [-0.2, 0) is 5.41 Å². The average molecular weight is 732 g/mol. The van der Waals surface area contributed by atoms with Gasteiger partial charge in [-0.15, -0.1) is 0 Å². The molecule has 51 heavy (non-hydrogen) atoms. The first-order valence-electron chi connectivity index (χ1n) is 16.8. The van der Waals surface area contributed by atoms with Crippen molar-refractivity contribution < 1.29 is 62.6 Å². The minimum atomic E-state index is -6.83. The Balaban J connectivity index is 1.84. The van der Waals surface area contributed by atoms with Gasteiger partial charge in [0.25, 0.3) is 0 Å². The zero-order valence-electron chi connectivity index (χ0n) is 30.3. The van der Waals surface area contributed by atoms with E-state index in [4.69, 9.17) is 9.90 Å². The van der Waals surface area contributed by atoms with E-state index in [1.165, 1.54) is 12.1 Å². The van der Waals surface area contributed by atoms with Crippen LogP contribution in [0.1, 0.15) is 54.7 Å². The van der Waals surface area contributed by atoms with Gasteiger partial charge in [-0.25, -0.2) is 0 Å². The van der Waals surface area contributed by atoms with E-state index >= 15 is 0 Å². The van der Waals surface area contributed by atoms with Gasteiger partial charge >= 0.3 is 24.7 Å². The maximum atomic E-state index is 14.8. The molecule has 2 aromatic heterocycles. The summed E-state index contributed by atoms with van der Waals surface area (Å²) in [5.74, 6) is -12.1. The molecule has 0 radical (unpaired) electrons. The molecule has 0 aliphatic rings. The lowest BCUT2D eigenvalue weighted by molar-refractivity contribution is -0.253. The first-order chi connectivity index (χ1) is 25.1. The van der Waals surface area contributed by atoms with Crippen LogP contribution in [0.3, 0.4) is 0 Å². The highest BCUT2D eigenvalue weighted by Gasteiger charge is 2.61. The fourth-order valence-electron chi connectivity index (χ4n) is 5.92. The first-order valence-corrected chi connectivity index (χ1v) is 14.8. The van der Waals surface area contributed by atoms with E-state index in [-0.39, 0.29) is 11.1 Å². The van der Waals surface area contributed by atoms with E-state index in [1.54, 1.807) is 42.5 Å². The van der Waals surface area contributed by atoms with Crippen molar-refractivity contribution in [3.63, 3.8) is 0 Å². The summed E-state index contributed by atoms with van der Waals surface area (Å²) in [5, 5.41) is 2.31. The van der Waals surface area contributed by atoms with Crippen molar-refractivity contribution >= 4 is 32.7 Å². The zero-order valence-corrected chi connectivity index (χ0v) is 26.3. The molecule has 0 saturated heterocycles. The lowest BCUT2D eigenvalue weighted by Crippen LogP contribution is -2.37. The first kappa shape index (κ1) is 31.0. The van der Waals surface area contributed by atoms with Crippen LogP contribution in [0.25, 0.3) is 55.1 Å². The molecular formula is C37H25F12NO.